The van der Waals surface area contributed by atoms with Gasteiger partial charge in [-0.2, -0.15) is 0 Å². The van der Waals surface area contributed by atoms with Crippen LogP contribution in [-0.2, 0) is 0 Å². The Morgan fingerprint density at radius 3 is 2.61 bits per heavy atom. The Morgan fingerprint density at radius 2 is 2.11 bits per heavy atom. The van der Waals surface area contributed by atoms with E-state index >= 15 is 0 Å². The molecule has 1 amide bonds. The highest BCUT2D eigenvalue weighted by molar-refractivity contribution is 9.10. The number of ether oxygens (including phenoxy) is 1. The lowest BCUT2D eigenvalue weighted by molar-refractivity contribution is 0.1000. The fourth-order valence-corrected chi connectivity index (χ4v) is 2.34. The van der Waals surface area contributed by atoms with Gasteiger partial charge in [-0.05, 0) is 52.7 Å². The van der Waals surface area contributed by atoms with Crippen LogP contribution in [0.3, 0.4) is 0 Å². The van der Waals surface area contributed by atoms with Crippen LogP contribution in [0.15, 0.2) is 28.7 Å². The number of benzene rings is 1. The maximum Gasteiger partial charge on any atom is 0.250 e. The molecular weight excluding hydrogens is 296 g/mol. The van der Waals surface area contributed by atoms with Crippen LogP contribution in [-0.4, -0.2) is 18.0 Å². The number of nitrogens with two attached hydrogens (primary N) is 1. The quantitative estimate of drug-likeness (QED) is 0.915. The summed E-state index contributed by atoms with van der Waals surface area (Å²) in [6.45, 7) is 1.82. The molecule has 1 aromatic carbocycles. The van der Waals surface area contributed by atoms with Crippen LogP contribution in [0.1, 0.15) is 16.1 Å². The first-order valence-electron chi connectivity index (χ1n) is 5.36. The molecule has 1 aromatic heterocycles. The number of H-pyrrole nitrogens is 1. The van der Waals surface area contributed by atoms with E-state index in [2.05, 4.69) is 20.9 Å². The Morgan fingerprint density at radius 1 is 1.39 bits per heavy atom. The van der Waals surface area contributed by atoms with Gasteiger partial charge in [0.15, 0.2) is 0 Å². The number of halogens is 1. The van der Waals surface area contributed by atoms with Crippen LogP contribution in [0.2, 0.25) is 0 Å². The molecule has 0 radical (unpaired) electrons. The van der Waals surface area contributed by atoms with E-state index in [1.165, 1.54) is 0 Å². The summed E-state index contributed by atoms with van der Waals surface area (Å²) < 4.78 is 6.03. The van der Waals surface area contributed by atoms with Crippen molar-refractivity contribution < 1.29 is 9.53 Å². The second kappa shape index (κ2) is 4.86. The van der Waals surface area contributed by atoms with E-state index in [-0.39, 0.29) is 0 Å². The van der Waals surface area contributed by atoms with E-state index < -0.39 is 5.91 Å². The van der Waals surface area contributed by atoms with E-state index in [1.807, 2.05) is 25.1 Å². The number of methoxy groups -OCH3 is 1. The fraction of sp³-hybridized carbons (Fsp3) is 0.154. The average Bonchev–Trinajstić information content (AvgIpc) is 2.71. The smallest absolute Gasteiger partial charge is 0.250 e. The molecule has 0 bridgehead atoms. The van der Waals surface area contributed by atoms with Gasteiger partial charge in [0, 0.05) is 11.4 Å². The molecule has 4 nitrogen and oxygen atoms in total. The van der Waals surface area contributed by atoms with Gasteiger partial charge in [0.2, 0.25) is 0 Å². The Hall–Kier alpha value is -1.75. The van der Waals surface area contributed by atoms with Crippen LogP contribution < -0.4 is 10.5 Å². The minimum Gasteiger partial charge on any atom is -0.496 e. The lowest BCUT2D eigenvalue weighted by Crippen LogP contribution is -2.10. The molecule has 3 N–H and O–H groups in total. The van der Waals surface area contributed by atoms with Crippen molar-refractivity contribution >= 4 is 21.8 Å². The first-order valence-corrected chi connectivity index (χ1v) is 6.15. The number of hydrogen-bond donors (Lipinski definition) is 2. The predicted molar refractivity (Wildman–Crippen MR) is 73.7 cm³/mol. The molecule has 2 rings (SSSR count). The Balaban J connectivity index is 2.46. The third-order valence-corrected chi connectivity index (χ3v) is 3.36. The van der Waals surface area contributed by atoms with Gasteiger partial charge < -0.3 is 15.5 Å². The van der Waals surface area contributed by atoms with Gasteiger partial charge in [0.25, 0.3) is 5.91 Å². The summed E-state index contributed by atoms with van der Waals surface area (Å²) in [5, 5.41) is 0. The summed E-state index contributed by atoms with van der Waals surface area (Å²) in [6, 6.07) is 7.46. The van der Waals surface area contributed by atoms with Crippen molar-refractivity contribution in [2.45, 2.75) is 6.92 Å². The number of rotatable bonds is 3. The van der Waals surface area contributed by atoms with Gasteiger partial charge in [-0.3, -0.25) is 4.79 Å². The van der Waals surface area contributed by atoms with Gasteiger partial charge in [-0.25, -0.2) is 0 Å². The minimum atomic E-state index is -0.428. The molecule has 0 fully saturated rings. The van der Waals surface area contributed by atoms with Gasteiger partial charge in [0.05, 0.1) is 17.1 Å². The number of aromatic amines is 1. The van der Waals surface area contributed by atoms with E-state index in [1.54, 1.807) is 13.2 Å². The van der Waals surface area contributed by atoms with Gasteiger partial charge in [-0.15, -0.1) is 0 Å². The van der Waals surface area contributed by atoms with Crippen molar-refractivity contribution in [3.63, 3.8) is 0 Å². The van der Waals surface area contributed by atoms with Gasteiger partial charge >= 0.3 is 0 Å². The van der Waals surface area contributed by atoms with Gasteiger partial charge in [-0.1, -0.05) is 0 Å². The second-order valence-electron chi connectivity index (χ2n) is 3.94. The number of hydrogen-bond acceptors (Lipinski definition) is 2. The summed E-state index contributed by atoms with van der Waals surface area (Å²) in [5.41, 5.74) is 8.38. The van der Waals surface area contributed by atoms with Crippen LogP contribution in [0, 0.1) is 6.92 Å². The maximum absolute atomic E-state index is 11.2. The zero-order valence-corrected chi connectivity index (χ0v) is 11.7. The van der Waals surface area contributed by atoms with Crippen molar-refractivity contribution in [2.24, 2.45) is 5.73 Å². The number of nitrogens with one attached hydrogen (secondary N) is 1. The number of aromatic nitrogens is 1. The number of primary amides is 1. The van der Waals surface area contributed by atoms with Crippen molar-refractivity contribution in [3.05, 3.63) is 40.0 Å². The molecule has 0 aliphatic rings. The first kappa shape index (κ1) is 12.7. The summed E-state index contributed by atoms with van der Waals surface area (Å²) in [7, 11) is 1.61. The van der Waals surface area contributed by atoms with Crippen LogP contribution >= 0.6 is 15.9 Å². The molecule has 0 spiro atoms. The van der Waals surface area contributed by atoms with E-state index in [0.717, 1.165) is 27.2 Å². The first-order chi connectivity index (χ1) is 8.52. The molecule has 2 aromatic rings. The molecule has 0 aliphatic heterocycles. The predicted octanol–water partition coefficient (Wildman–Crippen LogP) is 2.86. The second-order valence-corrected chi connectivity index (χ2v) is 4.79. The topological polar surface area (TPSA) is 68.1 Å². The van der Waals surface area contributed by atoms with Crippen molar-refractivity contribution in [3.8, 4) is 17.0 Å². The standard InChI is InChI=1S/C13H13BrN2O2/c1-7-9(13(15)17)6-11(16-7)8-3-4-12(18-2)10(14)5-8/h3-6,16H,1-2H3,(H2,15,17). The summed E-state index contributed by atoms with van der Waals surface area (Å²) in [4.78, 5) is 14.4. The third kappa shape index (κ3) is 2.26. The van der Waals surface area contributed by atoms with E-state index in [9.17, 15) is 4.79 Å². The molecule has 0 aliphatic carbocycles. The number of amides is 1. The fourth-order valence-electron chi connectivity index (χ4n) is 1.80. The van der Waals surface area contributed by atoms with Crippen molar-refractivity contribution in [1.82, 2.24) is 4.98 Å². The van der Waals surface area contributed by atoms with Crippen LogP contribution in [0.4, 0.5) is 0 Å². The summed E-state index contributed by atoms with van der Waals surface area (Å²) in [6.07, 6.45) is 0. The SMILES string of the molecule is COc1ccc(-c2cc(C(N)=O)c(C)[nH]2)cc1Br. The largest absolute Gasteiger partial charge is 0.496 e. The highest BCUT2D eigenvalue weighted by Crippen LogP contribution is 2.30. The highest BCUT2D eigenvalue weighted by atomic mass is 79.9. The molecule has 0 atom stereocenters. The average molecular weight is 309 g/mol. The molecular formula is C13H13BrN2O2. The molecule has 1 heterocycles. The van der Waals surface area contributed by atoms with Crippen molar-refractivity contribution in [1.29, 1.82) is 0 Å². The molecule has 0 saturated heterocycles. The molecule has 18 heavy (non-hydrogen) atoms. The molecule has 0 saturated carbocycles. The van der Waals surface area contributed by atoms with Gasteiger partial charge in [0.1, 0.15) is 5.75 Å². The molecule has 5 heteroatoms. The minimum absolute atomic E-state index is 0.428. The summed E-state index contributed by atoms with van der Waals surface area (Å²) in [5.74, 6) is 0.333. The molecule has 0 unspecified atom stereocenters. The number of carbonyl (C=O) groups excluding carboxylic acids is 1. The Bertz CT molecular complexity index is 605. The monoisotopic (exact) mass is 308 g/mol. The lowest BCUT2D eigenvalue weighted by atomic mass is 10.1. The molecule has 94 valence electrons. The van der Waals surface area contributed by atoms with Crippen molar-refractivity contribution in [2.75, 3.05) is 7.11 Å². The summed E-state index contributed by atoms with van der Waals surface area (Å²) >= 11 is 3.43. The van der Waals surface area contributed by atoms with Crippen LogP contribution in [0.5, 0.6) is 5.75 Å². The van der Waals surface area contributed by atoms with E-state index in [4.69, 9.17) is 10.5 Å². The zero-order valence-electron chi connectivity index (χ0n) is 10.1. The van der Waals surface area contributed by atoms with E-state index in [0.29, 0.717) is 5.56 Å². The third-order valence-electron chi connectivity index (χ3n) is 2.74. The highest BCUT2D eigenvalue weighted by Gasteiger charge is 2.11. The number of aryl methyl sites for hydroxylation is 1. The Kier molecular flexibility index (Phi) is 3.43. The maximum atomic E-state index is 11.2. The normalized spacial score (nSPS) is 10.4. The number of carbonyl (C=O) groups is 1. The Labute approximate surface area is 113 Å². The lowest BCUT2D eigenvalue weighted by Gasteiger charge is -2.04. The van der Waals surface area contributed by atoms with Crippen LogP contribution in [0.25, 0.3) is 11.3 Å². The zero-order chi connectivity index (χ0) is 13.3.